The molecule has 3 N–H and O–H groups in total. The average molecular weight is 300 g/mol. The van der Waals surface area contributed by atoms with Crippen molar-refractivity contribution in [2.24, 2.45) is 11.7 Å². The molecule has 22 heavy (non-hydrogen) atoms. The van der Waals surface area contributed by atoms with Crippen molar-refractivity contribution in [3.05, 3.63) is 23.5 Å². The van der Waals surface area contributed by atoms with Crippen molar-refractivity contribution in [1.82, 2.24) is 19.9 Å². The third-order valence-electron chi connectivity index (χ3n) is 4.58. The Bertz CT molecular complexity index is 727. The molecule has 2 aliphatic heterocycles. The SMILES string of the molecule is Cc1cc(N2CC(C(N)=O)C2)n2nc(C3CCCN3)cc2n1. The maximum atomic E-state index is 11.2. The van der Waals surface area contributed by atoms with Crippen molar-refractivity contribution in [3.8, 4) is 0 Å². The first kappa shape index (κ1) is 13.5. The number of carbonyl (C=O) groups excluding carboxylic acids is 1. The second-order valence-corrected chi connectivity index (χ2v) is 6.25. The van der Waals surface area contributed by atoms with E-state index in [4.69, 9.17) is 10.8 Å². The van der Waals surface area contributed by atoms with Crippen molar-refractivity contribution in [2.45, 2.75) is 25.8 Å². The first-order chi connectivity index (χ1) is 10.6. The Morgan fingerprint density at radius 1 is 1.41 bits per heavy atom. The van der Waals surface area contributed by atoms with Gasteiger partial charge in [0.05, 0.1) is 17.7 Å². The topological polar surface area (TPSA) is 88.5 Å². The minimum Gasteiger partial charge on any atom is -0.369 e. The molecule has 4 rings (SSSR count). The summed E-state index contributed by atoms with van der Waals surface area (Å²) >= 11 is 0. The fourth-order valence-corrected chi connectivity index (χ4v) is 3.28. The first-order valence-electron chi connectivity index (χ1n) is 7.77. The Kier molecular flexibility index (Phi) is 3.04. The molecule has 0 spiro atoms. The molecule has 4 heterocycles. The van der Waals surface area contributed by atoms with Gasteiger partial charge in [-0.3, -0.25) is 4.79 Å². The number of primary amides is 1. The van der Waals surface area contributed by atoms with Crippen LogP contribution in [0.2, 0.25) is 0 Å². The largest absolute Gasteiger partial charge is 0.369 e. The molecule has 7 heteroatoms. The van der Waals surface area contributed by atoms with E-state index in [1.165, 1.54) is 6.42 Å². The molecule has 1 amide bonds. The molecule has 116 valence electrons. The molecule has 7 nitrogen and oxygen atoms in total. The Morgan fingerprint density at radius 2 is 2.23 bits per heavy atom. The van der Waals surface area contributed by atoms with Gasteiger partial charge in [0, 0.05) is 30.9 Å². The predicted octanol–water partition coefficient (Wildman–Crippen LogP) is 0.384. The summed E-state index contributed by atoms with van der Waals surface area (Å²) in [5, 5.41) is 8.21. The number of hydrogen-bond donors (Lipinski definition) is 2. The van der Waals surface area contributed by atoms with Crippen LogP contribution in [0.3, 0.4) is 0 Å². The quantitative estimate of drug-likeness (QED) is 0.855. The van der Waals surface area contributed by atoms with Crippen LogP contribution in [-0.2, 0) is 4.79 Å². The van der Waals surface area contributed by atoms with Crippen LogP contribution in [0.4, 0.5) is 5.82 Å². The summed E-state index contributed by atoms with van der Waals surface area (Å²) in [6.45, 7) is 4.34. The molecule has 2 fully saturated rings. The number of fused-ring (bicyclic) bond motifs is 1. The average Bonchev–Trinajstić information content (AvgIpc) is 3.03. The van der Waals surface area contributed by atoms with Gasteiger partial charge in [-0.1, -0.05) is 0 Å². The van der Waals surface area contributed by atoms with Gasteiger partial charge < -0.3 is 16.0 Å². The highest BCUT2D eigenvalue weighted by Gasteiger charge is 2.33. The van der Waals surface area contributed by atoms with E-state index < -0.39 is 0 Å². The summed E-state index contributed by atoms with van der Waals surface area (Å²) in [6, 6.07) is 4.40. The van der Waals surface area contributed by atoms with Gasteiger partial charge in [-0.2, -0.15) is 9.61 Å². The Labute approximate surface area is 128 Å². The number of aryl methyl sites for hydroxylation is 1. The lowest BCUT2D eigenvalue weighted by Gasteiger charge is -2.39. The highest BCUT2D eigenvalue weighted by molar-refractivity contribution is 5.80. The minimum absolute atomic E-state index is 0.0601. The van der Waals surface area contributed by atoms with E-state index >= 15 is 0 Å². The lowest BCUT2D eigenvalue weighted by molar-refractivity contribution is -0.122. The van der Waals surface area contributed by atoms with E-state index in [2.05, 4.69) is 21.3 Å². The summed E-state index contributed by atoms with van der Waals surface area (Å²) in [7, 11) is 0. The number of rotatable bonds is 3. The predicted molar refractivity (Wildman–Crippen MR) is 82.6 cm³/mol. The summed E-state index contributed by atoms with van der Waals surface area (Å²) in [4.78, 5) is 17.9. The van der Waals surface area contributed by atoms with Crippen molar-refractivity contribution in [1.29, 1.82) is 0 Å². The fourth-order valence-electron chi connectivity index (χ4n) is 3.28. The minimum atomic E-state index is -0.227. The van der Waals surface area contributed by atoms with Crippen LogP contribution in [0.25, 0.3) is 5.65 Å². The number of carbonyl (C=O) groups is 1. The summed E-state index contributed by atoms with van der Waals surface area (Å²) < 4.78 is 1.89. The molecular formula is C15H20N6O. The van der Waals surface area contributed by atoms with Crippen LogP contribution >= 0.6 is 0 Å². The molecule has 2 aliphatic rings. The van der Waals surface area contributed by atoms with Gasteiger partial charge in [-0.15, -0.1) is 0 Å². The van der Waals surface area contributed by atoms with Crippen molar-refractivity contribution >= 4 is 17.4 Å². The maximum absolute atomic E-state index is 11.2. The molecule has 0 bridgehead atoms. The van der Waals surface area contributed by atoms with Gasteiger partial charge in [-0.25, -0.2) is 4.98 Å². The first-order valence-corrected chi connectivity index (χ1v) is 7.77. The molecule has 2 aromatic heterocycles. The Balaban J connectivity index is 1.70. The molecule has 0 radical (unpaired) electrons. The van der Waals surface area contributed by atoms with E-state index in [0.29, 0.717) is 19.1 Å². The van der Waals surface area contributed by atoms with Crippen LogP contribution in [0.1, 0.15) is 30.3 Å². The van der Waals surface area contributed by atoms with Crippen molar-refractivity contribution in [3.63, 3.8) is 0 Å². The zero-order chi connectivity index (χ0) is 15.3. The number of nitrogens with one attached hydrogen (secondary N) is 1. The van der Waals surface area contributed by atoms with E-state index in [1.54, 1.807) is 0 Å². The number of nitrogens with zero attached hydrogens (tertiary/aromatic N) is 4. The highest BCUT2D eigenvalue weighted by Crippen LogP contribution is 2.28. The number of nitrogens with two attached hydrogens (primary N) is 1. The lowest BCUT2D eigenvalue weighted by atomic mass is 10.00. The zero-order valence-electron chi connectivity index (χ0n) is 12.6. The molecule has 0 aromatic carbocycles. The van der Waals surface area contributed by atoms with Gasteiger partial charge >= 0.3 is 0 Å². The van der Waals surface area contributed by atoms with Crippen LogP contribution < -0.4 is 16.0 Å². The molecule has 2 aromatic rings. The molecule has 1 unspecified atom stereocenters. The van der Waals surface area contributed by atoms with Gasteiger partial charge in [0.2, 0.25) is 5.91 Å². The second kappa shape index (κ2) is 4.95. The second-order valence-electron chi connectivity index (χ2n) is 6.25. The Hall–Kier alpha value is -2.15. The fraction of sp³-hybridized carbons (Fsp3) is 0.533. The van der Waals surface area contributed by atoms with Gasteiger partial charge in [0.1, 0.15) is 5.82 Å². The third kappa shape index (κ3) is 2.12. The number of anilines is 1. The highest BCUT2D eigenvalue weighted by atomic mass is 16.1. The lowest BCUT2D eigenvalue weighted by Crippen LogP contribution is -2.53. The number of hydrogen-bond acceptors (Lipinski definition) is 5. The summed E-state index contributed by atoms with van der Waals surface area (Å²) in [6.07, 6.45) is 2.30. The van der Waals surface area contributed by atoms with E-state index in [9.17, 15) is 4.79 Å². The van der Waals surface area contributed by atoms with Crippen LogP contribution in [0.15, 0.2) is 12.1 Å². The zero-order valence-corrected chi connectivity index (χ0v) is 12.6. The maximum Gasteiger partial charge on any atom is 0.224 e. The van der Waals surface area contributed by atoms with E-state index in [-0.39, 0.29) is 11.8 Å². The van der Waals surface area contributed by atoms with Crippen LogP contribution in [0.5, 0.6) is 0 Å². The smallest absolute Gasteiger partial charge is 0.224 e. The number of aromatic nitrogens is 3. The van der Waals surface area contributed by atoms with Gasteiger partial charge in [0.15, 0.2) is 5.65 Å². The van der Waals surface area contributed by atoms with Gasteiger partial charge in [0.25, 0.3) is 0 Å². The van der Waals surface area contributed by atoms with E-state index in [1.807, 2.05) is 17.5 Å². The number of amides is 1. The standard InChI is InChI=1S/C15H20N6O/c1-9-5-14(20-7-10(8-20)15(16)22)21-13(18-9)6-12(19-21)11-3-2-4-17-11/h5-6,10-11,17H,2-4,7-8H2,1H3,(H2,16,22). The van der Waals surface area contributed by atoms with E-state index in [0.717, 1.165) is 35.8 Å². The normalized spacial score (nSPS) is 22.2. The van der Waals surface area contributed by atoms with Crippen LogP contribution in [-0.4, -0.2) is 40.1 Å². The summed E-state index contributed by atoms with van der Waals surface area (Å²) in [5.41, 5.74) is 8.22. The Morgan fingerprint density at radius 3 is 2.91 bits per heavy atom. The molecule has 0 saturated carbocycles. The summed E-state index contributed by atoms with van der Waals surface area (Å²) in [5.74, 6) is 0.703. The third-order valence-corrected chi connectivity index (χ3v) is 4.58. The molecular weight excluding hydrogens is 280 g/mol. The monoisotopic (exact) mass is 300 g/mol. The van der Waals surface area contributed by atoms with Crippen LogP contribution in [0, 0.1) is 12.8 Å². The molecule has 2 saturated heterocycles. The van der Waals surface area contributed by atoms with Gasteiger partial charge in [-0.05, 0) is 26.3 Å². The van der Waals surface area contributed by atoms with Crippen molar-refractivity contribution < 1.29 is 4.79 Å². The van der Waals surface area contributed by atoms with Crippen molar-refractivity contribution in [2.75, 3.05) is 24.5 Å². The molecule has 0 aliphatic carbocycles. The molecule has 1 atom stereocenters.